The Balaban J connectivity index is 2.78. The molecule has 17 heavy (non-hydrogen) atoms. The van der Waals surface area contributed by atoms with Gasteiger partial charge >= 0.3 is 0 Å². The molecule has 0 unspecified atom stereocenters. The normalized spacial score (nSPS) is 14.0. The van der Waals surface area contributed by atoms with Crippen molar-refractivity contribution in [2.75, 3.05) is 0 Å². The summed E-state index contributed by atoms with van der Waals surface area (Å²) in [6.07, 6.45) is 0. The van der Waals surface area contributed by atoms with Gasteiger partial charge in [-0.15, -0.1) is 0 Å². The molecule has 1 aromatic heterocycles. The van der Waals surface area contributed by atoms with Crippen LogP contribution in [0.15, 0.2) is 30.3 Å². The highest BCUT2D eigenvalue weighted by atomic mass is 14.9. The Morgan fingerprint density at radius 2 is 1.76 bits per heavy atom. The Bertz CT molecular complexity index is 658. The number of rotatable bonds is 1. The van der Waals surface area contributed by atoms with Crippen molar-refractivity contribution in [1.29, 1.82) is 0 Å². The van der Waals surface area contributed by atoms with Gasteiger partial charge in [0.1, 0.15) is 7.05 Å². The summed E-state index contributed by atoms with van der Waals surface area (Å²) >= 11 is 0. The van der Waals surface area contributed by atoms with Gasteiger partial charge in [-0.2, -0.15) is 4.57 Å². The molecule has 0 fully saturated rings. The van der Waals surface area contributed by atoms with Crippen LogP contribution in [0, 0.1) is 27.6 Å². The van der Waals surface area contributed by atoms with Gasteiger partial charge in [-0.3, -0.25) is 0 Å². The van der Waals surface area contributed by atoms with Gasteiger partial charge in [0, 0.05) is 28.2 Å². The van der Waals surface area contributed by atoms with Crippen LogP contribution in [0.3, 0.4) is 0 Å². The fourth-order valence-electron chi connectivity index (χ4n) is 2.18. The van der Waals surface area contributed by atoms with E-state index >= 15 is 0 Å². The first kappa shape index (κ1) is 8.46. The molecule has 88 valence electrons. The first-order valence-electron chi connectivity index (χ1n) is 7.30. The monoisotopic (exact) mass is 229 g/mol. The SMILES string of the molecule is [2H]C([2H])([2H])c1ccc(C)c(-c2cccc(C)c2C)[n+]1C. The molecule has 0 aliphatic carbocycles. The van der Waals surface area contributed by atoms with Crippen LogP contribution >= 0.6 is 0 Å². The van der Waals surface area contributed by atoms with E-state index in [1.807, 2.05) is 32.2 Å². The molecule has 0 saturated carbocycles. The largest absolute Gasteiger partial charge is 0.215 e. The molecular formula is C16H20N+. The van der Waals surface area contributed by atoms with Crippen molar-refractivity contribution in [3.63, 3.8) is 0 Å². The van der Waals surface area contributed by atoms with Crippen molar-refractivity contribution in [2.24, 2.45) is 7.05 Å². The zero-order chi connectivity index (χ0) is 15.1. The van der Waals surface area contributed by atoms with Crippen molar-refractivity contribution >= 4 is 0 Å². The van der Waals surface area contributed by atoms with Crippen molar-refractivity contribution in [2.45, 2.75) is 27.6 Å². The molecule has 2 rings (SSSR count). The van der Waals surface area contributed by atoms with E-state index in [9.17, 15) is 0 Å². The first-order chi connectivity index (χ1) is 9.23. The third-order valence-electron chi connectivity index (χ3n) is 3.42. The van der Waals surface area contributed by atoms with Crippen molar-refractivity contribution in [1.82, 2.24) is 0 Å². The molecule has 0 atom stereocenters. The van der Waals surface area contributed by atoms with Gasteiger partial charge in [0.2, 0.25) is 5.69 Å². The lowest BCUT2D eigenvalue weighted by atomic mass is 9.97. The third kappa shape index (κ3) is 1.97. The molecule has 0 spiro atoms. The third-order valence-corrected chi connectivity index (χ3v) is 3.42. The molecule has 1 nitrogen and oxygen atoms in total. The quantitative estimate of drug-likeness (QED) is 0.660. The second-order valence-electron chi connectivity index (χ2n) is 4.56. The average molecular weight is 229 g/mol. The van der Waals surface area contributed by atoms with Crippen LogP contribution in [0.5, 0.6) is 0 Å². The van der Waals surface area contributed by atoms with Gasteiger partial charge in [-0.05, 0) is 44.0 Å². The van der Waals surface area contributed by atoms with Gasteiger partial charge in [-0.1, -0.05) is 12.1 Å². The Hall–Kier alpha value is -1.63. The summed E-state index contributed by atoms with van der Waals surface area (Å²) in [4.78, 5) is 0. The van der Waals surface area contributed by atoms with E-state index in [-0.39, 0.29) is 0 Å². The summed E-state index contributed by atoms with van der Waals surface area (Å²) in [5, 5.41) is 0. The Morgan fingerprint density at radius 3 is 2.47 bits per heavy atom. The Kier molecular flexibility index (Phi) is 2.15. The maximum absolute atomic E-state index is 7.65. The van der Waals surface area contributed by atoms with Crippen LogP contribution in [0.4, 0.5) is 0 Å². The fourth-order valence-corrected chi connectivity index (χ4v) is 2.18. The van der Waals surface area contributed by atoms with E-state index in [0.29, 0.717) is 5.69 Å². The number of benzene rings is 1. The molecule has 0 radical (unpaired) electrons. The highest BCUT2D eigenvalue weighted by Crippen LogP contribution is 2.25. The second-order valence-corrected chi connectivity index (χ2v) is 4.56. The summed E-state index contributed by atoms with van der Waals surface area (Å²) in [6.45, 7) is 4.06. The maximum atomic E-state index is 7.65. The van der Waals surface area contributed by atoms with Crippen molar-refractivity contribution < 1.29 is 8.68 Å². The number of hydrogen-bond acceptors (Lipinski definition) is 0. The minimum Gasteiger partial charge on any atom is -0.198 e. The summed E-state index contributed by atoms with van der Waals surface area (Å²) in [5.74, 6) is 0. The average Bonchev–Trinajstić information content (AvgIpc) is 2.32. The molecule has 2 aromatic rings. The molecule has 0 aliphatic heterocycles. The zero-order valence-electron chi connectivity index (χ0n) is 13.8. The molecule has 1 aromatic carbocycles. The minimum absolute atomic E-state index is 0.360. The van der Waals surface area contributed by atoms with Gasteiger partial charge in [0.05, 0.1) is 0 Å². The molecule has 1 heteroatoms. The van der Waals surface area contributed by atoms with E-state index in [0.717, 1.165) is 16.8 Å². The van der Waals surface area contributed by atoms with Crippen LogP contribution in [0.25, 0.3) is 11.3 Å². The van der Waals surface area contributed by atoms with E-state index in [4.69, 9.17) is 4.11 Å². The number of aryl methyl sites for hydroxylation is 3. The summed E-state index contributed by atoms with van der Waals surface area (Å²) < 4.78 is 24.8. The highest BCUT2D eigenvalue weighted by molar-refractivity contribution is 5.65. The molecular weight excluding hydrogens is 206 g/mol. The van der Waals surface area contributed by atoms with Gasteiger partial charge in [0.15, 0.2) is 5.69 Å². The molecule has 1 heterocycles. The van der Waals surface area contributed by atoms with E-state index < -0.39 is 6.85 Å². The predicted molar refractivity (Wildman–Crippen MR) is 72.0 cm³/mol. The maximum Gasteiger partial charge on any atom is 0.215 e. The van der Waals surface area contributed by atoms with Crippen LogP contribution < -0.4 is 4.57 Å². The lowest BCUT2D eigenvalue weighted by Gasteiger charge is -2.10. The molecule has 0 bridgehead atoms. The fraction of sp³-hybridized carbons (Fsp3) is 0.312. The Morgan fingerprint density at radius 1 is 1.00 bits per heavy atom. The van der Waals surface area contributed by atoms with Crippen LogP contribution in [0.1, 0.15) is 26.5 Å². The lowest BCUT2D eigenvalue weighted by molar-refractivity contribution is -0.667. The second kappa shape index (κ2) is 4.33. The van der Waals surface area contributed by atoms with Gasteiger partial charge in [-0.25, -0.2) is 0 Å². The van der Waals surface area contributed by atoms with E-state index in [1.165, 1.54) is 11.1 Å². The van der Waals surface area contributed by atoms with Crippen LogP contribution in [-0.4, -0.2) is 0 Å². The van der Waals surface area contributed by atoms with Gasteiger partial charge in [0.25, 0.3) is 0 Å². The molecule has 0 saturated heterocycles. The summed E-state index contributed by atoms with van der Waals surface area (Å²) in [5.41, 5.74) is 5.90. The molecule has 0 amide bonds. The highest BCUT2D eigenvalue weighted by Gasteiger charge is 2.17. The topological polar surface area (TPSA) is 3.88 Å². The standard InChI is InChI=1S/C16H20N/c1-11-7-6-8-15(14(11)4)16-12(2)9-10-13(3)17(16)5/h6-10H,1-5H3/q+1/i3D3. The summed E-state index contributed by atoms with van der Waals surface area (Å²) in [6, 6.07) is 9.71. The van der Waals surface area contributed by atoms with Crippen LogP contribution in [0.2, 0.25) is 0 Å². The lowest BCUT2D eigenvalue weighted by Crippen LogP contribution is -2.35. The van der Waals surface area contributed by atoms with Crippen molar-refractivity contribution in [3.8, 4) is 11.3 Å². The number of pyridine rings is 1. The zero-order valence-corrected chi connectivity index (χ0v) is 10.8. The Labute approximate surface area is 108 Å². The minimum atomic E-state index is -2.10. The van der Waals surface area contributed by atoms with Crippen molar-refractivity contribution in [3.05, 3.63) is 52.7 Å². The number of hydrogen-bond donors (Lipinski definition) is 0. The number of nitrogens with zero attached hydrogens (tertiary/aromatic N) is 1. The predicted octanol–water partition coefficient (Wildman–Crippen LogP) is 3.41. The van der Waals surface area contributed by atoms with Gasteiger partial charge < -0.3 is 0 Å². The van der Waals surface area contributed by atoms with E-state index in [2.05, 4.69) is 19.9 Å². The summed E-state index contributed by atoms with van der Waals surface area (Å²) in [7, 11) is 1.83. The number of aromatic nitrogens is 1. The molecule has 0 N–H and O–H groups in total. The van der Waals surface area contributed by atoms with E-state index in [1.54, 1.807) is 10.6 Å². The molecule has 0 aliphatic rings. The van der Waals surface area contributed by atoms with Crippen LogP contribution in [-0.2, 0) is 7.05 Å². The first-order valence-corrected chi connectivity index (χ1v) is 5.80. The smallest absolute Gasteiger partial charge is 0.198 e.